The first-order chi connectivity index (χ1) is 33.4. The van der Waals surface area contributed by atoms with Crippen molar-refractivity contribution in [1.29, 1.82) is 0 Å². The summed E-state index contributed by atoms with van der Waals surface area (Å²) in [5.74, 6) is 0. The molecular formula is C66H48N2. The van der Waals surface area contributed by atoms with Crippen LogP contribution in [0.1, 0.15) is 30.5 Å². The Morgan fingerprint density at radius 1 is 0.338 bits per heavy atom. The Morgan fingerprint density at radius 2 is 0.838 bits per heavy atom. The summed E-state index contributed by atoms with van der Waals surface area (Å²) in [5.41, 5.74) is 20.7. The fraction of sp³-hybridized carbons (Fsp3) is 0.0606. The van der Waals surface area contributed by atoms with Gasteiger partial charge in [0.15, 0.2) is 0 Å². The maximum atomic E-state index is 2.50. The topological polar surface area (TPSA) is 8.17 Å². The molecule has 322 valence electrons. The lowest BCUT2D eigenvalue weighted by molar-refractivity contribution is 0.660. The Balaban J connectivity index is 0.917. The summed E-state index contributed by atoms with van der Waals surface area (Å²) in [5, 5.41) is 7.61. The van der Waals surface area contributed by atoms with Crippen molar-refractivity contribution in [3.8, 4) is 50.2 Å². The minimum atomic E-state index is -0.251. The van der Waals surface area contributed by atoms with E-state index in [2.05, 4.69) is 267 Å². The molecule has 0 N–H and O–H groups in total. The number of aromatic nitrogens is 1. The van der Waals surface area contributed by atoms with Crippen LogP contribution in [0.15, 0.2) is 237 Å². The van der Waals surface area contributed by atoms with Crippen molar-refractivity contribution in [2.45, 2.75) is 26.2 Å². The van der Waals surface area contributed by atoms with Gasteiger partial charge in [-0.05, 0) is 157 Å². The van der Waals surface area contributed by atoms with Gasteiger partial charge in [0.05, 0.1) is 11.0 Å². The summed E-state index contributed by atoms with van der Waals surface area (Å²) in [4.78, 5) is 2.40. The Labute approximate surface area is 397 Å². The first-order valence-corrected chi connectivity index (χ1v) is 23.8. The second-order valence-corrected chi connectivity index (χ2v) is 19.0. The lowest BCUT2D eigenvalue weighted by Gasteiger charge is -2.28. The van der Waals surface area contributed by atoms with Gasteiger partial charge in [-0.2, -0.15) is 0 Å². The SMILES string of the molecule is Cc1ccc2c(-c3cccc(-c4ccccc4)c3)c3ccccc3c(-c3ccc4c(c3)C(C)(C)c3cc(N(c5ccccc5)c5ccc(-n6c7ccccc7c7ccccc76)cc5)ccc3-4)c2c1. The van der Waals surface area contributed by atoms with E-state index >= 15 is 0 Å². The van der Waals surface area contributed by atoms with Gasteiger partial charge in [0.2, 0.25) is 0 Å². The van der Waals surface area contributed by atoms with Crippen LogP contribution < -0.4 is 4.90 Å². The van der Waals surface area contributed by atoms with Crippen molar-refractivity contribution in [2.75, 3.05) is 4.90 Å². The second kappa shape index (κ2) is 15.6. The average Bonchev–Trinajstić information content (AvgIpc) is 3.84. The van der Waals surface area contributed by atoms with Crippen molar-refractivity contribution in [3.05, 3.63) is 253 Å². The quantitative estimate of drug-likeness (QED) is 0.145. The van der Waals surface area contributed by atoms with Crippen LogP contribution in [0.2, 0.25) is 0 Å². The molecule has 0 fully saturated rings. The molecule has 2 heteroatoms. The van der Waals surface area contributed by atoms with Gasteiger partial charge in [0, 0.05) is 38.9 Å². The van der Waals surface area contributed by atoms with Crippen molar-refractivity contribution in [1.82, 2.24) is 4.57 Å². The molecule has 12 aromatic rings. The van der Waals surface area contributed by atoms with Crippen molar-refractivity contribution < 1.29 is 0 Å². The van der Waals surface area contributed by atoms with Gasteiger partial charge in [0.1, 0.15) is 0 Å². The van der Waals surface area contributed by atoms with Gasteiger partial charge in [-0.1, -0.05) is 183 Å². The Morgan fingerprint density at radius 3 is 1.53 bits per heavy atom. The Bertz CT molecular complexity index is 3880. The monoisotopic (exact) mass is 868 g/mol. The standard InChI is InChI=1S/C66H48N2/c1-43-29-36-58-59(39-43)65(57-26-11-10-25-56(57)64(58)46-20-16-19-45(40-46)44-17-6-4-7-18-44)47-30-37-52-53-38-35-51(42-61(53)66(2,3)60(52)41-47)67(48-21-8-5-9-22-48)49-31-33-50(34-32-49)68-62-27-14-12-23-54(62)55-24-13-15-28-63(55)68/h4-42H,1-3H3. The third kappa shape index (κ3) is 6.25. The normalized spacial score (nSPS) is 12.8. The molecule has 1 aliphatic carbocycles. The molecule has 11 aromatic carbocycles. The molecule has 68 heavy (non-hydrogen) atoms. The lowest BCUT2D eigenvalue weighted by atomic mass is 9.80. The van der Waals surface area contributed by atoms with E-state index in [9.17, 15) is 0 Å². The van der Waals surface area contributed by atoms with E-state index in [1.807, 2.05) is 0 Å². The van der Waals surface area contributed by atoms with E-state index < -0.39 is 0 Å². The maximum Gasteiger partial charge on any atom is 0.0541 e. The highest BCUT2D eigenvalue weighted by molar-refractivity contribution is 6.22. The molecule has 13 rings (SSSR count). The second-order valence-electron chi connectivity index (χ2n) is 19.0. The average molecular weight is 869 g/mol. The summed E-state index contributed by atoms with van der Waals surface area (Å²) < 4.78 is 2.39. The number of aryl methyl sites for hydroxylation is 1. The zero-order chi connectivity index (χ0) is 45.5. The Kier molecular flexibility index (Phi) is 9.13. The molecule has 0 saturated carbocycles. The van der Waals surface area contributed by atoms with E-state index in [0.717, 1.165) is 22.7 Å². The number of para-hydroxylation sites is 3. The fourth-order valence-corrected chi connectivity index (χ4v) is 11.4. The van der Waals surface area contributed by atoms with E-state index in [1.165, 1.54) is 105 Å². The largest absolute Gasteiger partial charge is 0.310 e. The molecule has 1 aromatic heterocycles. The summed E-state index contributed by atoms with van der Waals surface area (Å²) in [6, 6.07) is 87.4. The number of fused-ring (bicyclic) bond motifs is 8. The summed E-state index contributed by atoms with van der Waals surface area (Å²) in [7, 11) is 0. The molecule has 1 aliphatic rings. The molecule has 1 heterocycles. The molecule has 0 aliphatic heterocycles. The zero-order valence-electron chi connectivity index (χ0n) is 38.4. The molecule has 0 saturated heterocycles. The predicted octanol–water partition coefficient (Wildman–Crippen LogP) is 18.2. The van der Waals surface area contributed by atoms with Crippen molar-refractivity contribution >= 4 is 60.4 Å². The highest BCUT2D eigenvalue weighted by Crippen LogP contribution is 2.53. The first kappa shape index (κ1) is 39.9. The van der Waals surface area contributed by atoms with Crippen LogP contribution in [0.3, 0.4) is 0 Å². The molecule has 0 unspecified atom stereocenters. The van der Waals surface area contributed by atoms with Crippen LogP contribution in [-0.2, 0) is 5.41 Å². The lowest BCUT2D eigenvalue weighted by Crippen LogP contribution is -2.16. The van der Waals surface area contributed by atoms with E-state index in [1.54, 1.807) is 0 Å². The third-order valence-corrected chi connectivity index (χ3v) is 14.6. The van der Waals surface area contributed by atoms with Gasteiger partial charge in [-0.25, -0.2) is 0 Å². The third-order valence-electron chi connectivity index (χ3n) is 14.6. The van der Waals surface area contributed by atoms with E-state index in [0.29, 0.717) is 0 Å². The van der Waals surface area contributed by atoms with Gasteiger partial charge in [0.25, 0.3) is 0 Å². The molecular weight excluding hydrogens is 821 g/mol. The van der Waals surface area contributed by atoms with E-state index in [4.69, 9.17) is 0 Å². The first-order valence-electron chi connectivity index (χ1n) is 23.8. The van der Waals surface area contributed by atoms with Crippen molar-refractivity contribution in [2.24, 2.45) is 0 Å². The van der Waals surface area contributed by atoms with Gasteiger partial charge in [-0.15, -0.1) is 0 Å². The zero-order valence-corrected chi connectivity index (χ0v) is 38.4. The van der Waals surface area contributed by atoms with Crippen LogP contribution in [0.25, 0.3) is 93.5 Å². The van der Waals surface area contributed by atoms with Crippen LogP contribution in [-0.4, -0.2) is 4.57 Å². The van der Waals surface area contributed by atoms with Gasteiger partial charge >= 0.3 is 0 Å². The number of rotatable bonds is 7. The molecule has 0 spiro atoms. The number of hydrogen-bond donors (Lipinski definition) is 0. The van der Waals surface area contributed by atoms with Gasteiger partial charge in [-0.3, -0.25) is 0 Å². The molecule has 0 atom stereocenters. The molecule has 0 amide bonds. The number of anilines is 3. The minimum Gasteiger partial charge on any atom is -0.310 e. The van der Waals surface area contributed by atoms with Crippen LogP contribution >= 0.6 is 0 Å². The summed E-state index contributed by atoms with van der Waals surface area (Å²) in [6.07, 6.45) is 0. The number of nitrogens with zero attached hydrogens (tertiary/aromatic N) is 2. The molecule has 2 nitrogen and oxygen atoms in total. The van der Waals surface area contributed by atoms with Crippen LogP contribution in [0.4, 0.5) is 17.1 Å². The molecule has 0 bridgehead atoms. The van der Waals surface area contributed by atoms with Crippen LogP contribution in [0, 0.1) is 6.92 Å². The Hall–Kier alpha value is -8.46. The minimum absolute atomic E-state index is 0.251. The summed E-state index contributed by atoms with van der Waals surface area (Å²) in [6.45, 7) is 7.02. The fourth-order valence-electron chi connectivity index (χ4n) is 11.4. The smallest absolute Gasteiger partial charge is 0.0541 e. The van der Waals surface area contributed by atoms with Crippen LogP contribution in [0.5, 0.6) is 0 Å². The molecule has 0 radical (unpaired) electrons. The van der Waals surface area contributed by atoms with E-state index in [-0.39, 0.29) is 5.41 Å². The summed E-state index contributed by atoms with van der Waals surface area (Å²) >= 11 is 0. The van der Waals surface area contributed by atoms with Gasteiger partial charge < -0.3 is 9.47 Å². The highest BCUT2D eigenvalue weighted by atomic mass is 15.1. The number of hydrogen-bond acceptors (Lipinski definition) is 1. The number of benzene rings is 11. The predicted molar refractivity (Wildman–Crippen MR) is 289 cm³/mol. The maximum absolute atomic E-state index is 2.50. The highest BCUT2D eigenvalue weighted by Gasteiger charge is 2.37. The van der Waals surface area contributed by atoms with Crippen molar-refractivity contribution in [3.63, 3.8) is 0 Å².